The van der Waals surface area contributed by atoms with Crippen molar-refractivity contribution in [2.24, 2.45) is 0 Å². The minimum atomic E-state index is 0.551. The van der Waals surface area contributed by atoms with Gasteiger partial charge in [0, 0.05) is 10.5 Å². The van der Waals surface area contributed by atoms with Crippen molar-refractivity contribution in [1.29, 1.82) is 0 Å². The molecule has 1 aliphatic carbocycles. The Bertz CT molecular complexity index is 138. The first-order valence-electron chi connectivity index (χ1n) is 6.10. The Balaban J connectivity index is 2.13. The van der Waals surface area contributed by atoms with E-state index in [1.807, 2.05) is 0 Å². The predicted octanol–water partition coefficient (Wildman–Crippen LogP) is 4.33. The molecule has 0 aromatic rings. The fourth-order valence-electron chi connectivity index (χ4n) is 2.00. The summed E-state index contributed by atoms with van der Waals surface area (Å²) in [4.78, 5) is 0. The van der Waals surface area contributed by atoms with E-state index in [4.69, 9.17) is 4.74 Å². The molecule has 1 saturated carbocycles. The molecule has 0 aromatic heterocycles. The lowest BCUT2D eigenvalue weighted by atomic mass is 10.1. The maximum Gasteiger partial charge on any atom is 0.0692 e. The van der Waals surface area contributed by atoms with Crippen molar-refractivity contribution in [2.75, 3.05) is 6.61 Å². The molecule has 1 nitrogen and oxygen atoms in total. The van der Waals surface area contributed by atoms with Gasteiger partial charge < -0.3 is 4.74 Å². The van der Waals surface area contributed by atoms with Crippen LogP contribution < -0.4 is 0 Å². The summed E-state index contributed by atoms with van der Waals surface area (Å²) in [6.45, 7) is 3.23. The lowest BCUT2D eigenvalue weighted by Crippen LogP contribution is -2.23. The number of rotatable bonds is 5. The predicted molar refractivity (Wildman–Crippen MR) is 70.2 cm³/mol. The van der Waals surface area contributed by atoms with Crippen molar-refractivity contribution in [1.82, 2.24) is 0 Å². The van der Waals surface area contributed by atoms with E-state index in [0.29, 0.717) is 6.10 Å². The van der Waals surface area contributed by atoms with Crippen LogP contribution in [-0.2, 0) is 4.74 Å². The second-order valence-electron chi connectivity index (χ2n) is 4.27. The van der Waals surface area contributed by atoms with E-state index in [2.05, 4.69) is 29.5 Å². The van der Waals surface area contributed by atoms with Gasteiger partial charge in [-0.15, -0.1) is 0 Å². The molecule has 2 unspecified atom stereocenters. The van der Waals surface area contributed by atoms with E-state index in [1.165, 1.54) is 51.4 Å². The quantitative estimate of drug-likeness (QED) is 0.318. The van der Waals surface area contributed by atoms with Crippen LogP contribution in [0.3, 0.4) is 0 Å². The Kier molecular flexibility index (Phi) is 7.21. The summed E-state index contributed by atoms with van der Waals surface area (Å²) in [5, 5.41) is 0. The Hall–Kier alpha value is 0.690. The molecule has 1 fully saturated rings. The highest BCUT2D eigenvalue weighted by Crippen LogP contribution is 2.26. The molecule has 2 heteroatoms. The summed E-state index contributed by atoms with van der Waals surface area (Å²) in [6.07, 6.45) is 11.2. The van der Waals surface area contributed by atoms with Crippen molar-refractivity contribution in [3.8, 4) is 0 Å². The maximum atomic E-state index is 5.97. The van der Waals surface area contributed by atoms with Crippen molar-refractivity contribution < 1.29 is 4.74 Å². The molecule has 0 spiro atoms. The van der Waals surface area contributed by atoms with Gasteiger partial charge in [0.05, 0.1) is 6.10 Å². The van der Waals surface area contributed by atoms with Gasteiger partial charge in [-0.3, -0.25) is 0 Å². The lowest BCUT2D eigenvalue weighted by Gasteiger charge is -2.20. The SMILES string of the molecule is CCCCCOC1CCCCCC1I. The summed E-state index contributed by atoms with van der Waals surface area (Å²) in [5.41, 5.74) is 0. The van der Waals surface area contributed by atoms with E-state index in [-0.39, 0.29) is 0 Å². The van der Waals surface area contributed by atoms with Crippen LogP contribution in [0.1, 0.15) is 58.3 Å². The minimum absolute atomic E-state index is 0.551. The fraction of sp³-hybridized carbons (Fsp3) is 1.00. The normalized spacial score (nSPS) is 28.7. The fourth-order valence-corrected chi connectivity index (χ4v) is 3.01. The number of hydrogen-bond donors (Lipinski definition) is 0. The van der Waals surface area contributed by atoms with Crippen molar-refractivity contribution in [3.63, 3.8) is 0 Å². The van der Waals surface area contributed by atoms with Gasteiger partial charge in [0.2, 0.25) is 0 Å². The van der Waals surface area contributed by atoms with Crippen LogP contribution in [0.2, 0.25) is 0 Å². The third kappa shape index (κ3) is 4.96. The number of hydrogen-bond acceptors (Lipinski definition) is 1. The van der Waals surface area contributed by atoms with Crippen molar-refractivity contribution >= 4 is 22.6 Å². The average Bonchev–Trinajstić information content (AvgIpc) is 2.39. The second-order valence-corrected chi connectivity index (χ2v) is 5.87. The first-order valence-corrected chi connectivity index (χ1v) is 7.35. The van der Waals surface area contributed by atoms with Crippen LogP contribution >= 0.6 is 22.6 Å². The van der Waals surface area contributed by atoms with E-state index in [9.17, 15) is 0 Å². The Labute approximate surface area is 102 Å². The van der Waals surface area contributed by atoms with Crippen molar-refractivity contribution in [3.05, 3.63) is 0 Å². The number of unbranched alkanes of at least 4 members (excludes halogenated alkanes) is 2. The van der Waals surface area contributed by atoms with Crippen molar-refractivity contribution in [2.45, 2.75) is 68.3 Å². The van der Waals surface area contributed by atoms with Crippen LogP contribution in [0.5, 0.6) is 0 Å². The highest BCUT2D eigenvalue weighted by molar-refractivity contribution is 14.1. The topological polar surface area (TPSA) is 9.23 Å². The zero-order valence-corrected chi connectivity index (χ0v) is 11.5. The smallest absolute Gasteiger partial charge is 0.0692 e. The summed E-state index contributed by atoms with van der Waals surface area (Å²) in [6, 6.07) is 0. The van der Waals surface area contributed by atoms with E-state index in [0.717, 1.165) is 10.5 Å². The maximum absolute atomic E-state index is 5.97. The summed E-state index contributed by atoms with van der Waals surface area (Å²) in [5.74, 6) is 0. The lowest BCUT2D eigenvalue weighted by molar-refractivity contribution is 0.0477. The zero-order chi connectivity index (χ0) is 10.2. The van der Waals surface area contributed by atoms with Gasteiger partial charge in [-0.1, -0.05) is 61.6 Å². The molecule has 84 valence electrons. The Morgan fingerprint density at radius 2 is 1.93 bits per heavy atom. The minimum Gasteiger partial charge on any atom is -0.377 e. The molecule has 0 amide bonds. The molecule has 0 bridgehead atoms. The third-order valence-electron chi connectivity index (χ3n) is 2.95. The molecule has 0 aliphatic heterocycles. The second kappa shape index (κ2) is 7.91. The Morgan fingerprint density at radius 3 is 2.71 bits per heavy atom. The van der Waals surface area contributed by atoms with E-state index < -0.39 is 0 Å². The first kappa shape index (κ1) is 12.8. The standard InChI is InChI=1S/C12H23IO/c1-2-3-7-10-14-12-9-6-4-5-8-11(12)13/h11-12H,2-10H2,1H3. The molecule has 1 rings (SSSR count). The monoisotopic (exact) mass is 310 g/mol. The molecule has 0 heterocycles. The molecular formula is C12H23IO. The summed E-state index contributed by atoms with van der Waals surface area (Å²) < 4.78 is 6.73. The van der Waals surface area contributed by atoms with Gasteiger partial charge in [-0.05, 0) is 19.3 Å². The number of ether oxygens (including phenoxy) is 1. The van der Waals surface area contributed by atoms with Gasteiger partial charge >= 0.3 is 0 Å². The highest BCUT2D eigenvalue weighted by Gasteiger charge is 2.21. The van der Waals surface area contributed by atoms with Crippen LogP contribution in [0.15, 0.2) is 0 Å². The van der Waals surface area contributed by atoms with Gasteiger partial charge in [-0.2, -0.15) is 0 Å². The molecule has 2 atom stereocenters. The van der Waals surface area contributed by atoms with Crippen LogP contribution in [-0.4, -0.2) is 16.6 Å². The zero-order valence-electron chi connectivity index (χ0n) is 9.30. The van der Waals surface area contributed by atoms with Gasteiger partial charge in [-0.25, -0.2) is 0 Å². The molecule has 0 N–H and O–H groups in total. The van der Waals surface area contributed by atoms with E-state index in [1.54, 1.807) is 0 Å². The molecule has 14 heavy (non-hydrogen) atoms. The number of halogens is 1. The van der Waals surface area contributed by atoms with Gasteiger partial charge in [0.1, 0.15) is 0 Å². The Morgan fingerprint density at radius 1 is 1.14 bits per heavy atom. The van der Waals surface area contributed by atoms with Crippen LogP contribution in [0.4, 0.5) is 0 Å². The van der Waals surface area contributed by atoms with Gasteiger partial charge in [0.15, 0.2) is 0 Å². The third-order valence-corrected chi connectivity index (χ3v) is 4.38. The summed E-state index contributed by atoms with van der Waals surface area (Å²) >= 11 is 2.58. The van der Waals surface area contributed by atoms with Crippen LogP contribution in [0, 0.1) is 0 Å². The largest absolute Gasteiger partial charge is 0.377 e. The molecular weight excluding hydrogens is 287 g/mol. The average molecular weight is 310 g/mol. The first-order chi connectivity index (χ1) is 6.84. The number of alkyl halides is 1. The summed E-state index contributed by atoms with van der Waals surface area (Å²) in [7, 11) is 0. The molecule has 0 radical (unpaired) electrons. The molecule has 1 aliphatic rings. The highest BCUT2D eigenvalue weighted by atomic mass is 127. The molecule has 0 saturated heterocycles. The van der Waals surface area contributed by atoms with Gasteiger partial charge in [0.25, 0.3) is 0 Å². The van der Waals surface area contributed by atoms with Crippen LogP contribution in [0.25, 0.3) is 0 Å². The molecule has 0 aromatic carbocycles. The van der Waals surface area contributed by atoms with E-state index >= 15 is 0 Å².